The molecule has 0 fully saturated rings. The number of benzene rings is 2. The molecular formula is C17H14ClN3O2. The molecule has 1 amide bonds. The van der Waals surface area contributed by atoms with Crippen molar-refractivity contribution < 1.29 is 9.53 Å². The van der Waals surface area contributed by atoms with Crippen molar-refractivity contribution in [3.8, 4) is 17.0 Å². The zero-order chi connectivity index (χ0) is 16.2. The van der Waals surface area contributed by atoms with E-state index in [2.05, 4.69) is 15.5 Å². The van der Waals surface area contributed by atoms with Gasteiger partial charge in [0.15, 0.2) is 0 Å². The average Bonchev–Trinajstić information content (AvgIpc) is 3.05. The van der Waals surface area contributed by atoms with Crippen molar-refractivity contribution in [3.63, 3.8) is 0 Å². The predicted molar refractivity (Wildman–Crippen MR) is 90.0 cm³/mol. The second kappa shape index (κ2) is 6.54. The van der Waals surface area contributed by atoms with Crippen LogP contribution in [0.1, 0.15) is 10.4 Å². The Hall–Kier alpha value is -2.79. The van der Waals surface area contributed by atoms with Gasteiger partial charge < -0.3 is 10.1 Å². The second-order valence-electron chi connectivity index (χ2n) is 4.85. The molecule has 5 nitrogen and oxygen atoms in total. The van der Waals surface area contributed by atoms with Crippen LogP contribution in [-0.4, -0.2) is 23.2 Å². The van der Waals surface area contributed by atoms with E-state index in [1.807, 2.05) is 24.3 Å². The number of carbonyl (C=O) groups excluding carboxylic acids is 1. The Morgan fingerprint density at radius 2 is 2.00 bits per heavy atom. The summed E-state index contributed by atoms with van der Waals surface area (Å²) >= 11 is 5.89. The number of aromatic nitrogens is 2. The van der Waals surface area contributed by atoms with Gasteiger partial charge in [0, 0.05) is 22.3 Å². The molecular weight excluding hydrogens is 314 g/mol. The fourth-order valence-corrected chi connectivity index (χ4v) is 2.32. The molecule has 23 heavy (non-hydrogen) atoms. The van der Waals surface area contributed by atoms with E-state index in [0.717, 1.165) is 5.56 Å². The van der Waals surface area contributed by atoms with Gasteiger partial charge in [-0.05, 0) is 24.3 Å². The molecule has 0 saturated heterocycles. The molecule has 0 aliphatic carbocycles. The third kappa shape index (κ3) is 3.35. The Labute approximate surface area is 138 Å². The minimum atomic E-state index is -0.253. The highest BCUT2D eigenvalue weighted by atomic mass is 35.5. The third-order valence-electron chi connectivity index (χ3n) is 3.34. The summed E-state index contributed by atoms with van der Waals surface area (Å²) in [6.45, 7) is 0. The summed E-state index contributed by atoms with van der Waals surface area (Å²) in [6.07, 6.45) is 1.50. The van der Waals surface area contributed by atoms with E-state index in [4.69, 9.17) is 16.3 Å². The van der Waals surface area contributed by atoms with E-state index >= 15 is 0 Å². The lowest BCUT2D eigenvalue weighted by atomic mass is 10.1. The van der Waals surface area contributed by atoms with Crippen LogP contribution in [0.15, 0.2) is 54.7 Å². The largest absolute Gasteiger partial charge is 0.497 e. The van der Waals surface area contributed by atoms with Crippen molar-refractivity contribution in [1.29, 1.82) is 0 Å². The number of hydrogen-bond donors (Lipinski definition) is 2. The number of methoxy groups -OCH3 is 1. The summed E-state index contributed by atoms with van der Waals surface area (Å²) in [6, 6.07) is 14.4. The lowest BCUT2D eigenvalue weighted by molar-refractivity contribution is 0.102. The van der Waals surface area contributed by atoms with Crippen molar-refractivity contribution >= 4 is 23.2 Å². The van der Waals surface area contributed by atoms with Gasteiger partial charge in [-0.3, -0.25) is 9.89 Å². The maximum atomic E-state index is 12.5. The van der Waals surface area contributed by atoms with Gasteiger partial charge in [-0.1, -0.05) is 29.8 Å². The molecule has 0 atom stereocenters. The van der Waals surface area contributed by atoms with Crippen LogP contribution in [0.2, 0.25) is 5.02 Å². The van der Waals surface area contributed by atoms with Crippen LogP contribution < -0.4 is 10.1 Å². The first-order chi connectivity index (χ1) is 11.2. The SMILES string of the molecule is COc1cccc(NC(=O)c2cn[nH]c2-c2ccc(Cl)cc2)c1. The minimum Gasteiger partial charge on any atom is -0.497 e. The van der Waals surface area contributed by atoms with Crippen LogP contribution in [0.5, 0.6) is 5.75 Å². The Morgan fingerprint density at radius 3 is 2.74 bits per heavy atom. The second-order valence-corrected chi connectivity index (χ2v) is 5.29. The van der Waals surface area contributed by atoms with Crippen LogP contribution in [0.4, 0.5) is 5.69 Å². The maximum Gasteiger partial charge on any atom is 0.259 e. The molecule has 0 spiro atoms. The fourth-order valence-electron chi connectivity index (χ4n) is 2.19. The Bertz CT molecular complexity index is 828. The van der Waals surface area contributed by atoms with Crippen LogP contribution in [0.3, 0.4) is 0 Å². The van der Waals surface area contributed by atoms with E-state index in [1.54, 1.807) is 31.4 Å². The maximum absolute atomic E-state index is 12.5. The monoisotopic (exact) mass is 327 g/mol. The van der Waals surface area contributed by atoms with Gasteiger partial charge in [-0.25, -0.2) is 0 Å². The highest BCUT2D eigenvalue weighted by molar-refractivity contribution is 6.30. The zero-order valence-electron chi connectivity index (χ0n) is 12.3. The first-order valence-electron chi connectivity index (χ1n) is 6.92. The Balaban J connectivity index is 1.86. The number of carbonyl (C=O) groups is 1. The van der Waals surface area contributed by atoms with Crippen molar-refractivity contribution in [1.82, 2.24) is 10.2 Å². The number of ether oxygens (including phenoxy) is 1. The predicted octanol–water partition coefficient (Wildman–Crippen LogP) is 3.99. The van der Waals surface area contributed by atoms with Crippen LogP contribution in [0.25, 0.3) is 11.3 Å². The van der Waals surface area contributed by atoms with Gasteiger partial charge in [0.25, 0.3) is 5.91 Å². The van der Waals surface area contributed by atoms with E-state index < -0.39 is 0 Å². The van der Waals surface area contributed by atoms with Crippen molar-refractivity contribution in [2.75, 3.05) is 12.4 Å². The molecule has 0 radical (unpaired) electrons. The standard InChI is InChI=1S/C17H14ClN3O2/c1-23-14-4-2-3-13(9-14)20-17(22)15-10-19-21-16(15)11-5-7-12(18)8-6-11/h2-10H,1H3,(H,19,21)(H,20,22). The molecule has 0 unspecified atom stereocenters. The molecule has 1 aromatic heterocycles. The van der Waals surface area contributed by atoms with Gasteiger partial charge in [0.1, 0.15) is 5.75 Å². The van der Waals surface area contributed by atoms with Crippen LogP contribution in [0, 0.1) is 0 Å². The molecule has 2 aromatic carbocycles. The van der Waals surface area contributed by atoms with Crippen LogP contribution in [-0.2, 0) is 0 Å². The van der Waals surface area contributed by atoms with Crippen LogP contribution >= 0.6 is 11.6 Å². The number of amides is 1. The van der Waals surface area contributed by atoms with Gasteiger partial charge in [0.2, 0.25) is 0 Å². The molecule has 2 N–H and O–H groups in total. The number of halogens is 1. The number of aromatic amines is 1. The third-order valence-corrected chi connectivity index (χ3v) is 3.60. The lowest BCUT2D eigenvalue weighted by Crippen LogP contribution is -2.12. The summed E-state index contributed by atoms with van der Waals surface area (Å²) in [5.41, 5.74) is 2.58. The number of H-pyrrole nitrogens is 1. The normalized spacial score (nSPS) is 10.3. The van der Waals surface area contributed by atoms with Gasteiger partial charge in [-0.2, -0.15) is 5.10 Å². The first kappa shape index (κ1) is 15.1. The topological polar surface area (TPSA) is 67.0 Å². The molecule has 3 aromatic rings. The van der Waals surface area contributed by atoms with Gasteiger partial charge in [0.05, 0.1) is 24.6 Å². The highest BCUT2D eigenvalue weighted by Crippen LogP contribution is 2.24. The number of nitrogens with zero attached hydrogens (tertiary/aromatic N) is 1. The first-order valence-corrected chi connectivity index (χ1v) is 7.30. The number of anilines is 1. The van der Waals surface area contributed by atoms with E-state index in [0.29, 0.717) is 27.7 Å². The van der Waals surface area contributed by atoms with Crippen molar-refractivity contribution in [3.05, 3.63) is 65.3 Å². The molecule has 6 heteroatoms. The number of rotatable bonds is 4. The average molecular weight is 328 g/mol. The summed E-state index contributed by atoms with van der Waals surface area (Å²) in [5.74, 6) is 0.421. The molecule has 0 aliphatic rings. The minimum absolute atomic E-state index is 0.253. The zero-order valence-corrected chi connectivity index (χ0v) is 13.1. The van der Waals surface area contributed by atoms with E-state index in [1.165, 1.54) is 6.20 Å². The molecule has 0 bridgehead atoms. The van der Waals surface area contributed by atoms with Crippen molar-refractivity contribution in [2.45, 2.75) is 0 Å². The van der Waals surface area contributed by atoms with Gasteiger partial charge >= 0.3 is 0 Å². The Kier molecular flexibility index (Phi) is 4.30. The summed E-state index contributed by atoms with van der Waals surface area (Å²) in [4.78, 5) is 12.5. The molecule has 116 valence electrons. The molecule has 3 rings (SSSR count). The summed E-state index contributed by atoms with van der Waals surface area (Å²) in [7, 11) is 1.58. The molecule has 0 saturated carbocycles. The molecule has 1 heterocycles. The van der Waals surface area contributed by atoms with E-state index in [9.17, 15) is 4.79 Å². The Morgan fingerprint density at radius 1 is 1.22 bits per heavy atom. The summed E-state index contributed by atoms with van der Waals surface area (Å²) < 4.78 is 5.15. The lowest BCUT2D eigenvalue weighted by Gasteiger charge is -2.07. The smallest absolute Gasteiger partial charge is 0.259 e. The highest BCUT2D eigenvalue weighted by Gasteiger charge is 2.15. The number of nitrogens with one attached hydrogen (secondary N) is 2. The number of hydrogen-bond acceptors (Lipinski definition) is 3. The quantitative estimate of drug-likeness (QED) is 0.761. The summed E-state index contributed by atoms with van der Waals surface area (Å²) in [5, 5.41) is 10.3. The van der Waals surface area contributed by atoms with E-state index in [-0.39, 0.29) is 5.91 Å². The fraction of sp³-hybridized carbons (Fsp3) is 0.0588. The van der Waals surface area contributed by atoms with Gasteiger partial charge in [-0.15, -0.1) is 0 Å². The molecule has 0 aliphatic heterocycles. The van der Waals surface area contributed by atoms with Crippen molar-refractivity contribution in [2.24, 2.45) is 0 Å².